The molecular weight excluding hydrogens is 290 g/mol. The van der Waals surface area contributed by atoms with Gasteiger partial charge in [0, 0.05) is 24.1 Å². The highest BCUT2D eigenvalue weighted by Gasteiger charge is 2.48. The third-order valence-corrected chi connectivity index (χ3v) is 4.97. The maximum Gasteiger partial charge on any atom is 0.352 e. The number of hydrogen-bond donors (Lipinski definition) is 1. The van der Waals surface area contributed by atoms with E-state index in [4.69, 9.17) is 5.11 Å². The Hall–Kier alpha value is -2.02. The van der Waals surface area contributed by atoms with Gasteiger partial charge in [-0.05, 0) is 12.5 Å². The lowest BCUT2D eigenvalue weighted by molar-refractivity contribution is -0.142. The van der Waals surface area contributed by atoms with Crippen molar-refractivity contribution in [3.63, 3.8) is 0 Å². The number of β-lactam (4-membered cyclic amide) rings is 1. The summed E-state index contributed by atoms with van der Waals surface area (Å²) in [6.07, 6.45) is 5.96. The van der Waals surface area contributed by atoms with E-state index >= 15 is 0 Å². The zero-order valence-corrected chi connectivity index (χ0v) is 12.0. The number of aryl methyl sites for hydroxylation is 1. The fourth-order valence-corrected chi connectivity index (χ4v) is 3.90. The van der Waals surface area contributed by atoms with Gasteiger partial charge < -0.3 is 9.67 Å². The molecule has 1 amide bonds. The maximum atomic E-state index is 12.1. The van der Waals surface area contributed by atoms with Gasteiger partial charge in [-0.15, -0.1) is 0 Å². The lowest BCUT2D eigenvalue weighted by Gasteiger charge is -2.38. The molecule has 3 aliphatic rings. The van der Waals surface area contributed by atoms with Gasteiger partial charge in [0.2, 0.25) is 0 Å². The molecule has 4 rings (SSSR count). The molecule has 0 spiro atoms. The smallest absolute Gasteiger partial charge is 0.352 e. The number of rotatable bonds is 2. The molecule has 6 nitrogen and oxygen atoms in total. The molecule has 1 aromatic rings. The molecule has 1 unspecified atom stereocenters. The lowest BCUT2D eigenvalue weighted by atomic mass is 9.94. The van der Waals surface area contributed by atoms with Crippen LogP contribution in [0.15, 0.2) is 23.5 Å². The Bertz CT molecular complexity index is 696. The van der Waals surface area contributed by atoms with Crippen molar-refractivity contribution in [1.82, 2.24) is 14.5 Å². The Morgan fingerprint density at radius 2 is 2.38 bits per heavy atom. The molecule has 0 radical (unpaired) electrons. The maximum absolute atomic E-state index is 12.1. The fourth-order valence-electron chi connectivity index (χ4n) is 3.02. The van der Waals surface area contributed by atoms with Gasteiger partial charge in [0.25, 0.3) is 5.91 Å². The minimum atomic E-state index is -1.04. The first-order chi connectivity index (χ1) is 10.1. The molecule has 21 heavy (non-hydrogen) atoms. The van der Waals surface area contributed by atoms with Gasteiger partial charge in [-0.3, -0.25) is 9.69 Å². The molecule has 3 aliphatic heterocycles. The van der Waals surface area contributed by atoms with Crippen LogP contribution in [-0.4, -0.2) is 43.2 Å². The van der Waals surface area contributed by atoms with Gasteiger partial charge in [0.1, 0.15) is 11.5 Å². The molecule has 1 saturated heterocycles. The number of aromatic nitrogens is 2. The highest BCUT2D eigenvalue weighted by Crippen LogP contribution is 2.39. The van der Waals surface area contributed by atoms with Crippen molar-refractivity contribution in [1.29, 1.82) is 0 Å². The van der Waals surface area contributed by atoms with Crippen LogP contribution < -0.4 is 0 Å². The van der Waals surface area contributed by atoms with Crippen molar-refractivity contribution in [3.05, 3.63) is 35.1 Å². The number of carbonyl (C=O) groups excluding carboxylic acids is 1. The summed E-state index contributed by atoms with van der Waals surface area (Å²) in [6.45, 7) is 0.949. The van der Waals surface area contributed by atoms with Crippen LogP contribution in [0.25, 0.3) is 6.08 Å². The molecule has 7 heteroatoms. The van der Waals surface area contributed by atoms with Crippen LogP contribution in [-0.2, 0) is 21.9 Å². The van der Waals surface area contributed by atoms with Gasteiger partial charge in [0.05, 0.1) is 17.5 Å². The monoisotopic (exact) mass is 303 g/mol. The van der Waals surface area contributed by atoms with Gasteiger partial charge >= 0.3 is 5.97 Å². The van der Waals surface area contributed by atoms with Crippen LogP contribution in [0.2, 0.25) is 0 Å². The summed E-state index contributed by atoms with van der Waals surface area (Å²) in [5.74, 6) is 1.77. The van der Waals surface area contributed by atoms with E-state index in [-0.39, 0.29) is 17.6 Å². The molecule has 0 aliphatic carbocycles. The number of imidazole rings is 1. The number of carboxylic acids is 1. The van der Waals surface area contributed by atoms with Crippen molar-refractivity contribution in [3.8, 4) is 0 Å². The van der Waals surface area contributed by atoms with E-state index in [1.807, 2.05) is 18.0 Å². The summed E-state index contributed by atoms with van der Waals surface area (Å²) >= 11 is 1.86. The number of nitrogens with zero attached hydrogens (tertiary/aromatic N) is 3. The number of aliphatic carboxylic acids is 1. The first-order valence-corrected chi connectivity index (χ1v) is 7.93. The largest absolute Gasteiger partial charge is 0.477 e. The van der Waals surface area contributed by atoms with Crippen molar-refractivity contribution in [2.75, 3.05) is 5.75 Å². The Kier molecular flexibility index (Phi) is 2.72. The normalized spacial score (nSPS) is 25.4. The van der Waals surface area contributed by atoms with Crippen molar-refractivity contribution in [2.24, 2.45) is 0 Å². The van der Waals surface area contributed by atoms with Crippen LogP contribution in [0, 0.1) is 0 Å². The van der Waals surface area contributed by atoms with Crippen LogP contribution in [0.1, 0.15) is 17.9 Å². The van der Waals surface area contributed by atoms with Crippen LogP contribution >= 0.6 is 11.8 Å². The third-order valence-electron chi connectivity index (χ3n) is 4.04. The zero-order valence-electron chi connectivity index (χ0n) is 11.2. The highest BCUT2D eigenvalue weighted by molar-refractivity contribution is 7.98. The number of carboxylic acid groups (broad SMARTS) is 1. The Morgan fingerprint density at radius 1 is 1.52 bits per heavy atom. The summed E-state index contributed by atoms with van der Waals surface area (Å²) in [7, 11) is 0. The molecule has 0 saturated carbocycles. The Balaban J connectivity index is 1.60. The molecule has 0 bridgehead atoms. The minimum absolute atomic E-state index is 0.0997. The number of hydrogen-bond acceptors (Lipinski definition) is 4. The summed E-state index contributed by atoms with van der Waals surface area (Å²) in [5, 5.41) is 9.04. The molecule has 108 valence electrons. The number of amides is 1. The standard InChI is InChI=1S/C14H13N3O3S/c18-13-9(10-1-2-11(14(19)20)17(10)13)5-8-6-16-3-4-21-7-12(16)15-8/h2,5-6,10H,1,3-4,7H2,(H,19,20)/b9-5+. The van der Waals surface area contributed by atoms with E-state index in [0.29, 0.717) is 12.0 Å². The number of carbonyl (C=O) groups is 2. The zero-order chi connectivity index (χ0) is 14.6. The first kappa shape index (κ1) is 12.7. The molecule has 1 atom stereocenters. The predicted octanol–water partition coefficient (Wildman–Crippen LogP) is 1.10. The highest BCUT2D eigenvalue weighted by atomic mass is 32.2. The second-order valence-electron chi connectivity index (χ2n) is 5.25. The van der Waals surface area contributed by atoms with Crippen LogP contribution in [0.5, 0.6) is 0 Å². The first-order valence-electron chi connectivity index (χ1n) is 6.77. The lowest BCUT2D eigenvalue weighted by Crippen LogP contribution is -2.52. The van der Waals surface area contributed by atoms with Crippen LogP contribution in [0.4, 0.5) is 0 Å². The second kappa shape index (κ2) is 4.49. The summed E-state index contributed by atoms with van der Waals surface area (Å²) in [6, 6.07) is -0.128. The second-order valence-corrected chi connectivity index (χ2v) is 6.35. The molecule has 0 aromatic carbocycles. The Labute approximate surface area is 125 Å². The molecule has 1 N–H and O–H groups in total. The summed E-state index contributed by atoms with van der Waals surface area (Å²) in [4.78, 5) is 29.1. The molecule has 1 aromatic heterocycles. The number of thioether (sulfide) groups is 1. The topological polar surface area (TPSA) is 75.4 Å². The van der Waals surface area contributed by atoms with Crippen molar-refractivity contribution < 1.29 is 14.7 Å². The number of fused-ring (bicyclic) bond motifs is 2. The van der Waals surface area contributed by atoms with E-state index < -0.39 is 5.97 Å². The SMILES string of the molecule is O=C(O)C1=CCC2/C(=C\c3cn4c(n3)CSCC4)C(=O)N12. The van der Waals surface area contributed by atoms with E-state index in [1.54, 1.807) is 12.2 Å². The van der Waals surface area contributed by atoms with Gasteiger partial charge in [0.15, 0.2) is 0 Å². The Morgan fingerprint density at radius 3 is 3.14 bits per heavy atom. The molecule has 4 heterocycles. The third kappa shape index (κ3) is 1.84. The van der Waals surface area contributed by atoms with Gasteiger partial charge in [-0.25, -0.2) is 9.78 Å². The van der Waals surface area contributed by atoms with Crippen molar-refractivity contribution >= 4 is 29.7 Å². The van der Waals surface area contributed by atoms with E-state index in [0.717, 1.165) is 29.6 Å². The molecule has 1 fully saturated rings. The van der Waals surface area contributed by atoms with E-state index in [1.165, 1.54) is 4.90 Å². The van der Waals surface area contributed by atoms with Gasteiger partial charge in [-0.1, -0.05) is 6.08 Å². The fraction of sp³-hybridized carbons (Fsp3) is 0.357. The average Bonchev–Trinajstić information content (AvgIpc) is 3.05. The van der Waals surface area contributed by atoms with Crippen molar-refractivity contribution in [2.45, 2.75) is 24.8 Å². The van der Waals surface area contributed by atoms with E-state index in [2.05, 4.69) is 9.55 Å². The molecular formula is C14H13N3O3S. The summed E-state index contributed by atoms with van der Waals surface area (Å²) in [5.41, 5.74) is 1.55. The minimum Gasteiger partial charge on any atom is -0.477 e. The van der Waals surface area contributed by atoms with E-state index in [9.17, 15) is 9.59 Å². The summed E-state index contributed by atoms with van der Waals surface area (Å²) < 4.78 is 2.12. The quantitative estimate of drug-likeness (QED) is 0.654. The van der Waals surface area contributed by atoms with Crippen LogP contribution in [0.3, 0.4) is 0 Å². The predicted molar refractivity (Wildman–Crippen MR) is 77.3 cm³/mol. The average molecular weight is 303 g/mol. The van der Waals surface area contributed by atoms with Gasteiger partial charge in [-0.2, -0.15) is 11.8 Å².